The Hall–Kier alpha value is -0.220. The van der Waals surface area contributed by atoms with Crippen molar-refractivity contribution in [2.45, 2.75) is 13.5 Å². The third-order valence-electron chi connectivity index (χ3n) is 2.01. The predicted molar refractivity (Wildman–Crippen MR) is 72.1 cm³/mol. The first-order chi connectivity index (χ1) is 7.58. The number of halogens is 3. The number of aryl methyl sites for hydroxylation is 1. The summed E-state index contributed by atoms with van der Waals surface area (Å²) in [5, 5.41) is 0.451. The van der Waals surface area contributed by atoms with E-state index >= 15 is 0 Å². The first-order valence-electron chi connectivity index (χ1n) is 4.65. The van der Waals surface area contributed by atoms with E-state index in [1.54, 1.807) is 0 Å². The Bertz CT molecular complexity index is 407. The Morgan fingerprint density at radius 2 is 2.25 bits per heavy atom. The fourth-order valence-electron chi connectivity index (χ4n) is 1.33. The van der Waals surface area contributed by atoms with Crippen LogP contribution in [0, 0.1) is 6.92 Å². The van der Waals surface area contributed by atoms with Crippen LogP contribution in [0.4, 0.5) is 0 Å². The van der Waals surface area contributed by atoms with Crippen LogP contribution in [-0.2, 0) is 6.54 Å². The number of ether oxygens (including phenoxy) is 1. The van der Waals surface area contributed by atoms with Gasteiger partial charge in [0.1, 0.15) is 12.4 Å². The SMILES string of the molecule is Cc1cc(Br)cc(CN)c1OC/C(Cl)=C/Cl. The molecule has 0 aromatic heterocycles. The highest BCUT2D eigenvalue weighted by molar-refractivity contribution is 9.10. The van der Waals surface area contributed by atoms with Crippen LogP contribution in [0.5, 0.6) is 5.75 Å². The maximum absolute atomic E-state index is 5.76. The summed E-state index contributed by atoms with van der Waals surface area (Å²) in [5.41, 5.74) is 8.89. The molecule has 0 aliphatic carbocycles. The molecule has 0 bridgehead atoms. The molecule has 16 heavy (non-hydrogen) atoms. The van der Waals surface area contributed by atoms with Crippen molar-refractivity contribution in [1.82, 2.24) is 0 Å². The number of nitrogens with two attached hydrogens (primary N) is 1. The van der Waals surface area contributed by atoms with E-state index in [4.69, 9.17) is 33.7 Å². The van der Waals surface area contributed by atoms with Crippen LogP contribution >= 0.6 is 39.1 Å². The van der Waals surface area contributed by atoms with Crippen molar-refractivity contribution >= 4 is 39.1 Å². The van der Waals surface area contributed by atoms with Gasteiger partial charge in [-0.2, -0.15) is 0 Å². The first-order valence-corrected chi connectivity index (χ1v) is 6.26. The van der Waals surface area contributed by atoms with E-state index in [0.717, 1.165) is 21.3 Å². The topological polar surface area (TPSA) is 35.2 Å². The Morgan fingerprint density at radius 3 is 2.81 bits per heavy atom. The second-order valence-electron chi connectivity index (χ2n) is 3.26. The molecule has 0 saturated carbocycles. The van der Waals surface area contributed by atoms with Gasteiger partial charge in [-0.1, -0.05) is 39.1 Å². The van der Waals surface area contributed by atoms with E-state index in [9.17, 15) is 0 Å². The summed E-state index contributed by atoms with van der Waals surface area (Å²) in [4.78, 5) is 0. The smallest absolute Gasteiger partial charge is 0.127 e. The lowest BCUT2D eigenvalue weighted by atomic mass is 10.1. The fourth-order valence-corrected chi connectivity index (χ4v) is 2.07. The highest BCUT2D eigenvalue weighted by atomic mass is 79.9. The molecule has 0 radical (unpaired) electrons. The molecule has 88 valence electrons. The lowest BCUT2D eigenvalue weighted by Crippen LogP contribution is -2.05. The average molecular weight is 325 g/mol. The van der Waals surface area contributed by atoms with Crippen molar-refractivity contribution in [3.63, 3.8) is 0 Å². The lowest BCUT2D eigenvalue weighted by Gasteiger charge is -2.13. The second kappa shape index (κ2) is 6.50. The highest BCUT2D eigenvalue weighted by Gasteiger charge is 2.08. The summed E-state index contributed by atoms with van der Waals surface area (Å²) in [6.07, 6.45) is 0. The van der Waals surface area contributed by atoms with Crippen molar-refractivity contribution in [3.8, 4) is 5.75 Å². The highest BCUT2D eigenvalue weighted by Crippen LogP contribution is 2.28. The summed E-state index contributed by atoms with van der Waals surface area (Å²) in [6.45, 7) is 2.62. The maximum Gasteiger partial charge on any atom is 0.127 e. The molecule has 0 aliphatic heterocycles. The molecule has 0 atom stereocenters. The number of hydrogen-bond donors (Lipinski definition) is 1. The average Bonchev–Trinajstić information content (AvgIpc) is 2.26. The van der Waals surface area contributed by atoms with Crippen molar-refractivity contribution < 1.29 is 4.74 Å². The predicted octanol–water partition coefficient (Wildman–Crippen LogP) is 3.91. The van der Waals surface area contributed by atoms with Gasteiger partial charge in [0.25, 0.3) is 0 Å². The van der Waals surface area contributed by atoms with Gasteiger partial charge in [0, 0.05) is 22.1 Å². The summed E-state index contributed by atoms with van der Waals surface area (Å²) >= 11 is 14.6. The van der Waals surface area contributed by atoms with E-state index in [1.165, 1.54) is 5.54 Å². The molecule has 5 heteroatoms. The molecule has 0 fully saturated rings. The summed E-state index contributed by atoms with van der Waals surface area (Å²) in [6, 6.07) is 3.90. The van der Waals surface area contributed by atoms with Crippen LogP contribution in [0.3, 0.4) is 0 Å². The Kier molecular flexibility index (Phi) is 5.62. The van der Waals surface area contributed by atoms with Crippen LogP contribution in [0.15, 0.2) is 27.2 Å². The van der Waals surface area contributed by atoms with Gasteiger partial charge in [-0.05, 0) is 24.6 Å². The molecule has 1 aromatic carbocycles. The minimum absolute atomic E-state index is 0.251. The Balaban J connectivity index is 2.94. The standard InChI is InChI=1S/C11H12BrCl2NO/c1-7-2-9(12)3-8(5-15)11(7)16-6-10(14)4-13/h2-4H,5-6,15H2,1H3/b10-4-. The number of rotatable bonds is 4. The molecule has 0 unspecified atom stereocenters. The zero-order valence-electron chi connectivity index (χ0n) is 8.77. The zero-order valence-corrected chi connectivity index (χ0v) is 11.9. The van der Waals surface area contributed by atoms with E-state index in [1.807, 2.05) is 19.1 Å². The summed E-state index contributed by atoms with van der Waals surface area (Å²) in [7, 11) is 0. The van der Waals surface area contributed by atoms with Crippen molar-refractivity contribution in [2.24, 2.45) is 5.73 Å². The molecule has 0 spiro atoms. The van der Waals surface area contributed by atoms with Gasteiger partial charge in [0.05, 0.1) is 5.03 Å². The first kappa shape index (κ1) is 13.8. The second-order valence-corrected chi connectivity index (χ2v) is 4.88. The quantitative estimate of drug-likeness (QED) is 0.911. The maximum atomic E-state index is 5.76. The molecular formula is C11H12BrCl2NO. The molecule has 2 nitrogen and oxygen atoms in total. The third kappa shape index (κ3) is 3.67. The molecule has 0 heterocycles. The summed E-state index contributed by atoms with van der Waals surface area (Å²) in [5.74, 6) is 0.766. The molecule has 0 aliphatic rings. The molecule has 0 amide bonds. The van der Waals surface area contributed by atoms with E-state index in [2.05, 4.69) is 15.9 Å². The van der Waals surface area contributed by atoms with Crippen molar-refractivity contribution in [1.29, 1.82) is 0 Å². The van der Waals surface area contributed by atoms with Gasteiger partial charge in [-0.25, -0.2) is 0 Å². The third-order valence-corrected chi connectivity index (χ3v) is 3.06. The zero-order chi connectivity index (χ0) is 12.1. The normalized spacial score (nSPS) is 11.7. The van der Waals surface area contributed by atoms with Crippen molar-refractivity contribution in [3.05, 3.63) is 38.3 Å². The van der Waals surface area contributed by atoms with Crippen LogP contribution < -0.4 is 10.5 Å². The van der Waals surface area contributed by atoms with Gasteiger partial charge < -0.3 is 10.5 Å². The van der Waals surface area contributed by atoms with Gasteiger partial charge >= 0.3 is 0 Å². The minimum Gasteiger partial charge on any atom is -0.487 e. The number of benzene rings is 1. The monoisotopic (exact) mass is 323 g/mol. The largest absolute Gasteiger partial charge is 0.487 e. The Labute approximate surface area is 113 Å². The molecule has 1 rings (SSSR count). The van der Waals surface area contributed by atoms with Gasteiger partial charge in [-0.15, -0.1) is 0 Å². The molecule has 0 saturated heterocycles. The fraction of sp³-hybridized carbons (Fsp3) is 0.273. The Morgan fingerprint density at radius 1 is 1.56 bits per heavy atom. The van der Waals surface area contributed by atoms with Crippen LogP contribution in [0.1, 0.15) is 11.1 Å². The van der Waals surface area contributed by atoms with E-state index in [-0.39, 0.29) is 6.61 Å². The van der Waals surface area contributed by atoms with Crippen LogP contribution in [0.2, 0.25) is 0 Å². The summed E-state index contributed by atoms with van der Waals surface area (Å²) < 4.78 is 6.56. The van der Waals surface area contributed by atoms with Gasteiger partial charge in [0.15, 0.2) is 0 Å². The molecule has 1 aromatic rings. The van der Waals surface area contributed by atoms with Crippen LogP contribution in [-0.4, -0.2) is 6.61 Å². The molecule has 2 N–H and O–H groups in total. The number of hydrogen-bond acceptors (Lipinski definition) is 2. The van der Waals surface area contributed by atoms with E-state index < -0.39 is 0 Å². The van der Waals surface area contributed by atoms with Gasteiger partial charge in [-0.3, -0.25) is 0 Å². The lowest BCUT2D eigenvalue weighted by molar-refractivity contribution is 0.353. The van der Waals surface area contributed by atoms with Crippen LogP contribution in [0.25, 0.3) is 0 Å². The molecular weight excluding hydrogens is 313 g/mol. The van der Waals surface area contributed by atoms with E-state index in [0.29, 0.717) is 11.6 Å². The van der Waals surface area contributed by atoms with Gasteiger partial charge in [0.2, 0.25) is 0 Å². The van der Waals surface area contributed by atoms with Crippen molar-refractivity contribution in [2.75, 3.05) is 6.61 Å². The minimum atomic E-state index is 0.251.